The van der Waals surface area contributed by atoms with Crippen molar-refractivity contribution in [3.05, 3.63) is 0 Å². The van der Waals surface area contributed by atoms with Crippen molar-refractivity contribution in [2.45, 2.75) is 37.2 Å². The number of morpholine rings is 1. The van der Waals surface area contributed by atoms with E-state index in [9.17, 15) is 16.8 Å². The molecule has 0 radical (unpaired) electrons. The highest BCUT2D eigenvalue weighted by atomic mass is 32.2. The minimum absolute atomic E-state index is 0.0692. The number of hydrogen-bond acceptors (Lipinski definition) is 6. The van der Waals surface area contributed by atoms with Gasteiger partial charge >= 0.3 is 0 Å². The topological polar surface area (TPSA) is 101 Å². The fraction of sp³-hybridized carbons (Fsp3) is 1.00. The van der Waals surface area contributed by atoms with Gasteiger partial charge in [0.05, 0.1) is 35.6 Å². The number of sulfone groups is 1. The van der Waals surface area contributed by atoms with Crippen LogP contribution in [0.1, 0.15) is 19.8 Å². The van der Waals surface area contributed by atoms with E-state index < -0.39 is 31.2 Å². The second-order valence-corrected chi connectivity index (χ2v) is 9.98. The highest BCUT2D eigenvalue weighted by Gasteiger charge is 2.40. The quantitative estimate of drug-likeness (QED) is 0.712. The molecule has 9 heteroatoms. The Kier molecular flexibility index (Phi) is 4.75. The summed E-state index contributed by atoms with van der Waals surface area (Å²) in [6.07, 6.45) is -0.482. The van der Waals surface area contributed by atoms with E-state index in [0.717, 1.165) is 0 Å². The third-order valence-electron chi connectivity index (χ3n) is 3.78. The lowest BCUT2D eigenvalue weighted by molar-refractivity contribution is -0.0752. The summed E-state index contributed by atoms with van der Waals surface area (Å²) in [5.74, 6) is -0.138. The number of aliphatic hydroxyl groups is 1. The summed E-state index contributed by atoms with van der Waals surface area (Å²) in [4.78, 5) is 0. The van der Waals surface area contributed by atoms with E-state index in [0.29, 0.717) is 0 Å². The first-order valence-corrected chi connectivity index (χ1v) is 10.0. The molecule has 20 heavy (non-hydrogen) atoms. The van der Waals surface area contributed by atoms with Crippen LogP contribution in [0.4, 0.5) is 0 Å². The highest BCUT2D eigenvalue weighted by molar-refractivity contribution is 7.92. The van der Waals surface area contributed by atoms with Crippen LogP contribution in [0, 0.1) is 0 Å². The van der Waals surface area contributed by atoms with Crippen LogP contribution in [0.25, 0.3) is 0 Å². The van der Waals surface area contributed by atoms with Gasteiger partial charge in [0, 0.05) is 13.1 Å². The van der Waals surface area contributed by atoms with Gasteiger partial charge in [-0.05, 0) is 19.8 Å². The lowest BCUT2D eigenvalue weighted by Gasteiger charge is -2.37. The molecule has 2 fully saturated rings. The van der Waals surface area contributed by atoms with Crippen molar-refractivity contribution in [3.8, 4) is 0 Å². The summed E-state index contributed by atoms with van der Waals surface area (Å²) in [6.45, 7) is 1.92. The van der Waals surface area contributed by atoms with Gasteiger partial charge in [-0.1, -0.05) is 0 Å². The Bertz CT molecular complexity index is 529. The second-order valence-electron chi connectivity index (χ2n) is 5.46. The first-order chi connectivity index (χ1) is 9.24. The maximum atomic E-state index is 12.6. The fourth-order valence-corrected chi connectivity index (χ4v) is 6.52. The molecule has 0 aromatic carbocycles. The summed E-state index contributed by atoms with van der Waals surface area (Å²) < 4.78 is 54.6. The van der Waals surface area contributed by atoms with Crippen molar-refractivity contribution in [2.24, 2.45) is 0 Å². The van der Waals surface area contributed by atoms with E-state index >= 15 is 0 Å². The molecule has 0 bridgehead atoms. The largest absolute Gasteiger partial charge is 0.394 e. The lowest BCUT2D eigenvalue weighted by Crippen LogP contribution is -2.53. The zero-order chi connectivity index (χ0) is 15.0. The molecule has 2 heterocycles. The van der Waals surface area contributed by atoms with Crippen molar-refractivity contribution < 1.29 is 26.7 Å². The molecule has 0 amide bonds. The van der Waals surface area contributed by atoms with Gasteiger partial charge in [-0.25, -0.2) is 16.8 Å². The Balaban J connectivity index is 2.10. The van der Waals surface area contributed by atoms with Gasteiger partial charge in [0.2, 0.25) is 10.0 Å². The Morgan fingerprint density at radius 3 is 2.40 bits per heavy atom. The maximum Gasteiger partial charge on any atom is 0.217 e. The number of ether oxygens (including phenoxy) is 1. The van der Waals surface area contributed by atoms with E-state index in [2.05, 4.69) is 0 Å². The molecule has 2 rings (SSSR count). The zero-order valence-corrected chi connectivity index (χ0v) is 13.1. The van der Waals surface area contributed by atoms with Crippen LogP contribution < -0.4 is 0 Å². The average Bonchev–Trinajstić information content (AvgIpc) is 2.37. The number of aliphatic hydroxyl groups excluding tert-OH is 1. The molecule has 0 aromatic rings. The highest BCUT2D eigenvalue weighted by Crippen LogP contribution is 2.25. The zero-order valence-electron chi connectivity index (χ0n) is 11.4. The van der Waals surface area contributed by atoms with Crippen molar-refractivity contribution >= 4 is 19.9 Å². The van der Waals surface area contributed by atoms with Gasteiger partial charge in [0.15, 0.2) is 0 Å². The van der Waals surface area contributed by atoms with E-state index in [4.69, 9.17) is 9.84 Å². The normalized spacial score (nSPS) is 33.1. The second kappa shape index (κ2) is 5.88. The maximum absolute atomic E-state index is 12.6. The third-order valence-corrected chi connectivity index (χ3v) is 7.83. The third kappa shape index (κ3) is 3.51. The first-order valence-electron chi connectivity index (χ1n) is 6.70. The fourth-order valence-electron chi connectivity index (χ4n) is 2.69. The van der Waals surface area contributed by atoms with Crippen LogP contribution in [0.15, 0.2) is 0 Å². The molecule has 118 valence electrons. The first kappa shape index (κ1) is 16.2. The molecule has 2 atom stereocenters. The molecule has 0 aliphatic carbocycles. The number of rotatable bonds is 3. The molecule has 0 saturated carbocycles. The molecule has 7 nitrogen and oxygen atoms in total. The van der Waals surface area contributed by atoms with Gasteiger partial charge in [0.1, 0.15) is 9.84 Å². The summed E-state index contributed by atoms with van der Waals surface area (Å²) in [5.41, 5.74) is 0. The van der Waals surface area contributed by atoms with Crippen LogP contribution in [0.3, 0.4) is 0 Å². The number of nitrogens with zero attached hydrogens (tertiary/aromatic N) is 1. The van der Waals surface area contributed by atoms with Crippen molar-refractivity contribution in [1.29, 1.82) is 0 Å². The Hall–Kier alpha value is -0.220. The minimum Gasteiger partial charge on any atom is -0.394 e. The SMILES string of the molecule is CC1CN(S(=O)(=O)C2CCS(=O)(=O)CC2)CC(CO)O1. The summed E-state index contributed by atoms with van der Waals surface area (Å²) in [6, 6.07) is 0. The lowest BCUT2D eigenvalue weighted by atomic mass is 10.2. The van der Waals surface area contributed by atoms with E-state index in [-0.39, 0.29) is 50.1 Å². The summed E-state index contributed by atoms with van der Waals surface area (Å²) in [7, 11) is -6.61. The minimum atomic E-state index is -3.53. The average molecular weight is 327 g/mol. The van der Waals surface area contributed by atoms with Crippen LogP contribution in [0.2, 0.25) is 0 Å². The van der Waals surface area contributed by atoms with Gasteiger partial charge in [0.25, 0.3) is 0 Å². The molecule has 2 unspecified atom stereocenters. The number of hydrogen-bond donors (Lipinski definition) is 1. The van der Waals surface area contributed by atoms with Crippen LogP contribution in [-0.4, -0.2) is 74.9 Å². The predicted molar refractivity (Wildman–Crippen MR) is 73.6 cm³/mol. The Morgan fingerprint density at radius 2 is 1.85 bits per heavy atom. The van der Waals surface area contributed by atoms with E-state index in [1.807, 2.05) is 0 Å². The van der Waals surface area contributed by atoms with E-state index in [1.54, 1.807) is 6.92 Å². The van der Waals surface area contributed by atoms with Crippen LogP contribution in [-0.2, 0) is 24.6 Å². The molecule has 0 spiro atoms. The van der Waals surface area contributed by atoms with Crippen LogP contribution in [0.5, 0.6) is 0 Å². The molecule has 2 aliphatic heterocycles. The molecule has 2 aliphatic rings. The number of sulfonamides is 1. The van der Waals surface area contributed by atoms with E-state index in [1.165, 1.54) is 4.31 Å². The van der Waals surface area contributed by atoms with Gasteiger partial charge in [-0.15, -0.1) is 0 Å². The van der Waals surface area contributed by atoms with Crippen molar-refractivity contribution in [3.63, 3.8) is 0 Å². The van der Waals surface area contributed by atoms with Crippen molar-refractivity contribution in [1.82, 2.24) is 4.31 Å². The Morgan fingerprint density at radius 1 is 1.25 bits per heavy atom. The Labute approximate surface area is 119 Å². The smallest absolute Gasteiger partial charge is 0.217 e. The summed E-state index contributed by atoms with van der Waals surface area (Å²) in [5, 5.41) is 8.50. The van der Waals surface area contributed by atoms with Crippen LogP contribution >= 0.6 is 0 Å². The molecule has 1 N–H and O–H groups in total. The monoisotopic (exact) mass is 327 g/mol. The standard InChI is InChI=1S/C11H21NO6S2/c1-9-6-12(7-10(8-13)18-9)20(16,17)11-2-4-19(14,15)5-3-11/h9-11,13H,2-8H2,1H3. The van der Waals surface area contributed by atoms with Gasteiger partial charge in [-0.2, -0.15) is 4.31 Å². The summed E-state index contributed by atoms with van der Waals surface area (Å²) >= 11 is 0. The molecule has 0 aromatic heterocycles. The van der Waals surface area contributed by atoms with Gasteiger partial charge in [-0.3, -0.25) is 0 Å². The molecular weight excluding hydrogens is 306 g/mol. The van der Waals surface area contributed by atoms with Gasteiger partial charge < -0.3 is 9.84 Å². The molecule has 2 saturated heterocycles. The van der Waals surface area contributed by atoms with Crippen molar-refractivity contribution in [2.75, 3.05) is 31.2 Å². The predicted octanol–water partition coefficient (Wildman–Crippen LogP) is -1.02. The molecular formula is C11H21NO6S2.